The predicted molar refractivity (Wildman–Crippen MR) is 113 cm³/mol. The minimum atomic E-state index is 0.192. The number of benzene rings is 3. The highest BCUT2D eigenvalue weighted by Crippen LogP contribution is 2.27. The first-order chi connectivity index (χ1) is 12.1. The maximum Gasteiger partial charge on any atom is 0.119 e. The van der Waals surface area contributed by atoms with Gasteiger partial charge in [0.2, 0.25) is 0 Å². The molecule has 25 heavy (non-hydrogen) atoms. The van der Waals surface area contributed by atoms with E-state index in [1.807, 2.05) is 48.5 Å². The fourth-order valence-electron chi connectivity index (χ4n) is 2.52. The molecule has 3 aromatic carbocycles. The van der Waals surface area contributed by atoms with Crippen LogP contribution in [0.25, 0.3) is 0 Å². The molecule has 0 spiro atoms. The molecule has 0 aliphatic heterocycles. The van der Waals surface area contributed by atoms with Crippen molar-refractivity contribution in [1.29, 1.82) is 0 Å². The van der Waals surface area contributed by atoms with Crippen LogP contribution in [0.1, 0.15) is 24.1 Å². The third-order valence-electron chi connectivity index (χ3n) is 3.93. The Bertz CT molecular complexity index is 821. The molecule has 1 N–H and O–H groups in total. The van der Waals surface area contributed by atoms with E-state index in [9.17, 15) is 0 Å². The highest BCUT2D eigenvalue weighted by atomic mass is 127. The van der Waals surface area contributed by atoms with E-state index < -0.39 is 0 Å². The Labute approximate surface area is 167 Å². The molecule has 1 unspecified atom stereocenters. The van der Waals surface area contributed by atoms with Crippen LogP contribution in [-0.4, -0.2) is 0 Å². The third kappa shape index (κ3) is 5.13. The van der Waals surface area contributed by atoms with Gasteiger partial charge >= 0.3 is 0 Å². The highest BCUT2D eigenvalue weighted by Gasteiger charge is 2.08. The van der Waals surface area contributed by atoms with Gasteiger partial charge in [-0.05, 0) is 71.0 Å². The molecule has 0 aliphatic rings. The normalized spacial score (nSPS) is 11.8. The molecule has 3 rings (SSSR count). The molecular weight excluding hydrogens is 445 g/mol. The molecule has 2 nitrogen and oxygen atoms in total. The molecule has 0 fully saturated rings. The maximum atomic E-state index is 6.02. The zero-order valence-corrected chi connectivity index (χ0v) is 16.8. The summed E-state index contributed by atoms with van der Waals surface area (Å²) < 4.78 is 6.95. The summed E-state index contributed by atoms with van der Waals surface area (Å²) in [7, 11) is 0. The SMILES string of the molecule is CC(Nc1ccc(Cl)cc1I)c1ccc(OCc2ccccc2)cc1. The van der Waals surface area contributed by atoms with Gasteiger partial charge in [0.25, 0.3) is 0 Å². The van der Waals surface area contributed by atoms with E-state index in [2.05, 4.69) is 59.1 Å². The van der Waals surface area contributed by atoms with Crippen LogP contribution in [-0.2, 0) is 6.61 Å². The second-order valence-electron chi connectivity index (χ2n) is 5.83. The average Bonchev–Trinajstić information content (AvgIpc) is 2.63. The van der Waals surface area contributed by atoms with Crippen LogP contribution in [0.2, 0.25) is 5.02 Å². The van der Waals surface area contributed by atoms with E-state index in [0.29, 0.717) is 6.61 Å². The molecule has 0 saturated heterocycles. The van der Waals surface area contributed by atoms with E-state index in [1.165, 1.54) is 11.1 Å². The maximum absolute atomic E-state index is 6.02. The molecule has 0 bridgehead atoms. The standard InChI is InChI=1S/C21H19ClINO/c1-15(24-21-12-9-18(22)13-20(21)23)17-7-10-19(11-8-17)25-14-16-5-3-2-4-6-16/h2-13,15,24H,14H2,1H3. The van der Waals surface area contributed by atoms with Crippen LogP contribution in [0, 0.1) is 3.57 Å². The Hall–Kier alpha value is -1.72. The number of nitrogens with one attached hydrogen (secondary N) is 1. The predicted octanol–water partition coefficient (Wildman–Crippen LogP) is 6.70. The summed E-state index contributed by atoms with van der Waals surface area (Å²) in [6, 6.07) is 24.5. The first kappa shape index (κ1) is 18.1. The summed E-state index contributed by atoms with van der Waals surface area (Å²) >= 11 is 8.31. The van der Waals surface area contributed by atoms with E-state index >= 15 is 0 Å². The van der Waals surface area contributed by atoms with Crippen molar-refractivity contribution in [2.45, 2.75) is 19.6 Å². The summed E-state index contributed by atoms with van der Waals surface area (Å²) in [6.07, 6.45) is 0. The van der Waals surface area contributed by atoms with Crippen LogP contribution >= 0.6 is 34.2 Å². The van der Waals surface area contributed by atoms with Gasteiger partial charge in [-0.15, -0.1) is 0 Å². The Morgan fingerprint density at radius 2 is 1.72 bits per heavy atom. The van der Waals surface area contributed by atoms with Gasteiger partial charge in [-0.2, -0.15) is 0 Å². The smallest absolute Gasteiger partial charge is 0.119 e. The molecule has 0 heterocycles. The Morgan fingerprint density at radius 3 is 2.40 bits per heavy atom. The highest BCUT2D eigenvalue weighted by molar-refractivity contribution is 14.1. The Morgan fingerprint density at radius 1 is 1.00 bits per heavy atom. The molecule has 1 atom stereocenters. The molecule has 3 aromatic rings. The summed E-state index contributed by atoms with van der Waals surface area (Å²) in [5, 5.41) is 4.28. The van der Waals surface area contributed by atoms with E-state index in [4.69, 9.17) is 16.3 Å². The van der Waals surface area contributed by atoms with E-state index in [1.54, 1.807) is 0 Å². The lowest BCUT2D eigenvalue weighted by Crippen LogP contribution is -2.07. The first-order valence-corrected chi connectivity index (χ1v) is 9.56. The van der Waals surface area contributed by atoms with Gasteiger partial charge in [0.1, 0.15) is 12.4 Å². The zero-order chi connectivity index (χ0) is 17.6. The zero-order valence-electron chi connectivity index (χ0n) is 13.9. The lowest BCUT2D eigenvalue weighted by molar-refractivity contribution is 0.306. The van der Waals surface area contributed by atoms with Crippen molar-refractivity contribution in [2.75, 3.05) is 5.32 Å². The summed E-state index contributed by atoms with van der Waals surface area (Å²) in [4.78, 5) is 0. The monoisotopic (exact) mass is 463 g/mol. The number of anilines is 1. The summed E-state index contributed by atoms with van der Waals surface area (Å²) in [5.41, 5.74) is 3.46. The summed E-state index contributed by atoms with van der Waals surface area (Å²) in [6.45, 7) is 2.72. The average molecular weight is 464 g/mol. The molecule has 0 saturated carbocycles. The molecule has 0 radical (unpaired) electrons. The van der Waals surface area contributed by atoms with Gasteiger partial charge in [-0.1, -0.05) is 54.1 Å². The van der Waals surface area contributed by atoms with Crippen molar-refractivity contribution < 1.29 is 4.74 Å². The van der Waals surface area contributed by atoms with Crippen molar-refractivity contribution in [3.63, 3.8) is 0 Å². The first-order valence-electron chi connectivity index (χ1n) is 8.10. The van der Waals surface area contributed by atoms with Crippen molar-refractivity contribution >= 4 is 39.9 Å². The number of halogens is 2. The lowest BCUT2D eigenvalue weighted by Gasteiger charge is -2.17. The second kappa shape index (κ2) is 8.59. The van der Waals surface area contributed by atoms with Crippen molar-refractivity contribution in [3.05, 3.63) is 92.5 Å². The number of rotatable bonds is 6. The number of ether oxygens (including phenoxy) is 1. The van der Waals surface area contributed by atoms with Gasteiger partial charge in [0.05, 0.1) is 0 Å². The minimum absolute atomic E-state index is 0.192. The molecule has 0 aromatic heterocycles. The van der Waals surface area contributed by atoms with Gasteiger partial charge < -0.3 is 10.1 Å². The van der Waals surface area contributed by atoms with Crippen molar-refractivity contribution in [1.82, 2.24) is 0 Å². The van der Waals surface area contributed by atoms with E-state index in [-0.39, 0.29) is 6.04 Å². The van der Waals surface area contributed by atoms with Crippen LogP contribution in [0.15, 0.2) is 72.8 Å². The van der Waals surface area contributed by atoms with Crippen LogP contribution in [0.4, 0.5) is 5.69 Å². The number of hydrogen-bond acceptors (Lipinski definition) is 2. The van der Waals surface area contributed by atoms with Gasteiger partial charge in [-0.3, -0.25) is 0 Å². The third-order valence-corrected chi connectivity index (χ3v) is 5.06. The van der Waals surface area contributed by atoms with Gasteiger partial charge in [0.15, 0.2) is 0 Å². The van der Waals surface area contributed by atoms with E-state index in [0.717, 1.165) is 20.0 Å². The lowest BCUT2D eigenvalue weighted by atomic mass is 10.1. The molecule has 0 aliphatic carbocycles. The van der Waals surface area contributed by atoms with Gasteiger partial charge in [-0.25, -0.2) is 0 Å². The quantitative estimate of drug-likeness (QED) is 0.411. The molecular formula is C21H19ClINO. The van der Waals surface area contributed by atoms with Gasteiger partial charge in [0, 0.05) is 20.3 Å². The summed E-state index contributed by atoms with van der Waals surface area (Å²) in [5.74, 6) is 0.876. The molecule has 4 heteroatoms. The Kier molecular flexibility index (Phi) is 6.21. The van der Waals surface area contributed by atoms with Crippen LogP contribution in [0.3, 0.4) is 0 Å². The second-order valence-corrected chi connectivity index (χ2v) is 7.43. The molecule has 0 amide bonds. The number of hydrogen-bond donors (Lipinski definition) is 1. The Balaban J connectivity index is 1.61. The fraction of sp³-hybridized carbons (Fsp3) is 0.143. The van der Waals surface area contributed by atoms with Crippen LogP contribution < -0.4 is 10.1 Å². The molecule has 128 valence electrons. The fourth-order valence-corrected chi connectivity index (χ4v) is 3.54. The largest absolute Gasteiger partial charge is 0.489 e. The minimum Gasteiger partial charge on any atom is -0.489 e. The topological polar surface area (TPSA) is 21.3 Å². The van der Waals surface area contributed by atoms with Crippen molar-refractivity contribution in [3.8, 4) is 5.75 Å². The van der Waals surface area contributed by atoms with Crippen molar-refractivity contribution in [2.24, 2.45) is 0 Å². The van der Waals surface area contributed by atoms with Crippen LogP contribution in [0.5, 0.6) is 5.75 Å².